The second kappa shape index (κ2) is 12.8. The van der Waals surface area contributed by atoms with Crippen LogP contribution in [-0.4, -0.2) is 59.9 Å². The molecule has 0 saturated carbocycles. The summed E-state index contributed by atoms with van der Waals surface area (Å²) >= 11 is 0. The van der Waals surface area contributed by atoms with Crippen LogP contribution >= 0.6 is 0 Å². The van der Waals surface area contributed by atoms with Crippen molar-refractivity contribution in [2.24, 2.45) is 0 Å². The third-order valence-corrected chi connectivity index (χ3v) is 6.38. The van der Waals surface area contributed by atoms with Crippen molar-refractivity contribution in [3.05, 3.63) is 108 Å². The number of nitrogens with one attached hydrogen (secondary N) is 1. The van der Waals surface area contributed by atoms with E-state index in [2.05, 4.69) is 11.1 Å². The maximum absolute atomic E-state index is 13.6. The van der Waals surface area contributed by atoms with Gasteiger partial charge >= 0.3 is 0 Å². The first kappa shape index (κ1) is 26.1. The number of fused-ring (bicyclic) bond motifs is 1. The molecule has 0 bridgehead atoms. The van der Waals surface area contributed by atoms with Gasteiger partial charge in [0, 0.05) is 56.0 Å². The molecule has 2 amide bonds. The third-order valence-electron chi connectivity index (χ3n) is 6.38. The lowest BCUT2D eigenvalue weighted by atomic mass is 10.1. The van der Waals surface area contributed by atoms with Gasteiger partial charge in [-0.2, -0.15) is 0 Å². The quantitative estimate of drug-likeness (QED) is 0.276. The van der Waals surface area contributed by atoms with E-state index < -0.39 is 0 Å². The zero-order chi connectivity index (χ0) is 26.0. The van der Waals surface area contributed by atoms with E-state index in [0.717, 1.165) is 22.0 Å². The molecule has 0 aliphatic rings. The van der Waals surface area contributed by atoms with Crippen molar-refractivity contribution in [3.63, 3.8) is 0 Å². The van der Waals surface area contributed by atoms with E-state index >= 15 is 0 Å². The molecule has 0 atom stereocenters. The summed E-state index contributed by atoms with van der Waals surface area (Å²) in [4.78, 5) is 33.5. The number of carbonyl (C=O) groups is 2. The highest BCUT2D eigenvalue weighted by Crippen LogP contribution is 2.19. The highest BCUT2D eigenvalue weighted by Gasteiger charge is 2.23. The molecule has 1 aromatic heterocycles. The summed E-state index contributed by atoms with van der Waals surface area (Å²) in [7, 11) is 1.61. The molecule has 1 N–H and O–H groups in total. The number of rotatable bonds is 12. The SMILES string of the molecule is COCCCN(CC(=O)N(CCc1c[nH]c2ccccc12)Cc1ccc(F)cc1)C(=O)c1ccccc1. The Morgan fingerprint density at radius 3 is 2.38 bits per heavy atom. The van der Waals surface area contributed by atoms with Gasteiger partial charge in [-0.25, -0.2) is 4.39 Å². The average Bonchev–Trinajstić information content (AvgIpc) is 3.34. The first-order chi connectivity index (χ1) is 18.0. The number of ether oxygens (including phenoxy) is 1. The number of aromatic nitrogens is 1. The van der Waals surface area contributed by atoms with Crippen LogP contribution in [-0.2, 0) is 22.5 Å². The lowest BCUT2D eigenvalue weighted by Gasteiger charge is -2.28. The number of benzene rings is 3. The summed E-state index contributed by atoms with van der Waals surface area (Å²) in [5.41, 5.74) is 3.53. The van der Waals surface area contributed by atoms with Gasteiger partial charge in [0.25, 0.3) is 5.91 Å². The predicted molar refractivity (Wildman–Crippen MR) is 143 cm³/mol. The monoisotopic (exact) mass is 501 g/mol. The average molecular weight is 502 g/mol. The van der Waals surface area contributed by atoms with Crippen LogP contribution in [0.5, 0.6) is 0 Å². The van der Waals surface area contributed by atoms with E-state index in [1.54, 1.807) is 41.2 Å². The number of H-pyrrole nitrogens is 1. The van der Waals surface area contributed by atoms with Crippen LogP contribution in [0, 0.1) is 5.82 Å². The fourth-order valence-corrected chi connectivity index (χ4v) is 4.37. The fourth-order valence-electron chi connectivity index (χ4n) is 4.37. The first-order valence-electron chi connectivity index (χ1n) is 12.5. The van der Waals surface area contributed by atoms with E-state index in [1.165, 1.54) is 12.1 Å². The molecule has 192 valence electrons. The van der Waals surface area contributed by atoms with Crippen LogP contribution in [0.4, 0.5) is 4.39 Å². The van der Waals surface area contributed by atoms with Gasteiger partial charge in [0.1, 0.15) is 12.4 Å². The van der Waals surface area contributed by atoms with Gasteiger partial charge in [-0.05, 0) is 54.3 Å². The van der Waals surface area contributed by atoms with Gasteiger partial charge in [0.2, 0.25) is 5.91 Å². The minimum atomic E-state index is -0.321. The van der Waals surface area contributed by atoms with Gasteiger partial charge in [-0.1, -0.05) is 48.5 Å². The molecule has 4 rings (SSSR count). The van der Waals surface area contributed by atoms with Crippen LogP contribution in [0.1, 0.15) is 27.9 Å². The van der Waals surface area contributed by atoms with E-state index in [4.69, 9.17) is 4.74 Å². The van der Waals surface area contributed by atoms with E-state index in [-0.39, 0.29) is 24.2 Å². The Hall–Kier alpha value is -3.97. The number of hydrogen-bond donors (Lipinski definition) is 1. The molecule has 0 fully saturated rings. The highest BCUT2D eigenvalue weighted by molar-refractivity contribution is 5.96. The number of methoxy groups -OCH3 is 1. The molecular weight excluding hydrogens is 469 g/mol. The number of amides is 2. The van der Waals surface area contributed by atoms with Crippen molar-refractivity contribution in [1.82, 2.24) is 14.8 Å². The van der Waals surface area contributed by atoms with Gasteiger partial charge in [0.05, 0.1) is 0 Å². The van der Waals surface area contributed by atoms with Crippen molar-refractivity contribution in [3.8, 4) is 0 Å². The summed E-state index contributed by atoms with van der Waals surface area (Å²) < 4.78 is 18.7. The summed E-state index contributed by atoms with van der Waals surface area (Å²) in [5, 5.41) is 1.12. The molecule has 0 unspecified atom stereocenters. The van der Waals surface area contributed by atoms with Crippen LogP contribution in [0.2, 0.25) is 0 Å². The number of nitrogens with zero attached hydrogens (tertiary/aromatic N) is 2. The van der Waals surface area contributed by atoms with Gasteiger partial charge in [-0.3, -0.25) is 9.59 Å². The zero-order valence-electron chi connectivity index (χ0n) is 21.0. The van der Waals surface area contributed by atoms with Gasteiger partial charge in [-0.15, -0.1) is 0 Å². The molecule has 6 nitrogen and oxygen atoms in total. The molecule has 7 heteroatoms. The number of aromatic amines is 1. The number of hydrogen-bond acceptors (Lipinski definition) is 3. The molecule has 0 aliphatic heterocycles. The molecule has 0 saturated heterocycles. The minimum absolute atomic E-state index is 0.0491. The van der Waals surface area contributed by atoms with E-state index in [1.807, 2.05) is 42.6 Å². The summed E-state index contributed by atoms with van der Waals surface area (Å²) in [6, 6.07) is 23.2. The van der Waals surface area contributed by atoms with Crippen molar-refractivity contribution in [1.29, 1.82) is 0 Å². The molecule has 0 spiro atoms. The minimum Gasteiger partial charge on any atom is -0.385 e. The Morgan fingerprint density at radius 1 is 0.892 bits per heavy atom. The lowest BCUT2D eigenvalue weighted by molar-refractivity contribution is -0.132. The maximum Gasteiger partial charge on any atom is 0.254 e. The maximum atomic E-state index is 13.6. The standard InChI is InChI=1S/C30H32FN3O3/c1-37-19-7-17-34(30(36)24-8-3-2-4-9-24)22-29(35)33(21-23-12-14-26(31)15-13-23)18-16-25-20-32-28-11-6-5-10-27(25)28/h2-6,8-15,20,32H,7,16-19,21-22H2,1H3. The highest BCUT2D eigenvalue weighted by atomic mass is 19.1. The summed E-state index contributed by atoms with van der Waals surface area (Å²) in [5.74, 6) is -0.674. The van der Waals surface area contributed by atoms with Crippen molar-refractivity contribution < 1.29 is 18.7 Å². The molecule has 4 aromatic rings. The van der Waals surface area contributed by atoms with Crippen molar-refractivity contribution >= 4 is 22.7 Å². The van der Waals surface area contributed by atoms with E-state index in [9.17, 15) is 14.0 Å². The largest absolute Gasteiger partial charge is 0.385 e. The van der Waals surface area contributed by atoms with Gasteiger partial charge < -0.3 is 19.5 Å². The predicted octanol–water partition coefficient (Wildman–Crippen LogP) is 5.06. The Kier molecular flexibility index (Phi) is 9.05. The third kappa shape index (κ3) is 7.05. The Morgan fingerprint density at radius 2 is 1.62 bits per heavy atom. The Balaban J connectivity index is 1.53. The second-order valence-corrected chi connectivity index (χ2v) is 8.99. The normalized spacial score (nSPS) is 11.0. The summed E-state index contributed by atoms with van der Waals surface area (Å²) in [6.07, 6.45) is 3.24. The first-order valence-corrected chi connectivity index (χ1v) is 12.5. The van der Waals surface area contributed by atoms with Crippen molar-refractivity contribution in [2.75, 3.05) is 33.4 Å². The molecular formula is C30H32FN3O3. The van der Waals surface area contributed by atoms with Crippen LogP contribution in [0.3, 0.4) is 0 Å². The molecule has 1 heterocycles. The van der Waals surface area contributed by atoms with Crippen LogP contribution < -0.4 is 0 Å². The second-order valence-electron chi connectivity index (χ2n) is 8.99. The topological polar surface area (TPSA) is 65.6 Å². The number of carbonyl (C=O) groups excluding carboxylic acids is 2. The van der Waals surface area contributed by atoms with Crippen LogP contribution in [0.25, 0.3) is 10.9 Å². The van der Waals surface area contributed by atoms with Gasteiger partial charge in [0.15, 0.2) is 0 Å². The van der Waals surface area contributed by atoms with Crippen molar-refractivity contribution in [2.45, 2.75) is 19.4 Å². The summed E-state index contributed by atoms with van der Waals surface area (Å²) in [6.45, 7) is 1.63. The van der Waals surface area contributed by atoms with E-state index in [0.29, 0.717) is 44.6 Å². The smallest absolute Gasteiger partial charge is 0.254 e. The molecule has 0 radical (unpaired) electrons. The Labute approximate surface area is 216 Å². The molecule has 0 aliphatic carbocycles. The zero-order valence-corrected chi connectivity index (χ0v) is 21.0. The lowest BCUT2D eigenvalue weighted by Crippen LogP contribution is -2.44. The van der Waals surface area contributed by atoms with Crippen LogP contribution in [0.15, 0.2) is 85.1 Å². The number of halogens is 1. The molecule has 37 heavy (non-hydrogen) atoms. The Bertz CT molecular complexity index is 1300. The molecule has 3 aromatic carbocycles. The fraction of sp³-hybridized carbons (Fsp3) is 0.267. The number of para-hydroxylation sites is 1.